The van der Waals surface area contributed by atoms with E-state index in [9.17, 15) is 19.2 Å². The van der Waals surface area contributed by atoms with Gasteiger partial charge in [-0.25, -0.2) is 9.97 Å². The number of ketones is 1. The van der Waals surface area contributed by atoms with E-state index >= 15 is 0 Å². The van der Waals surface area contributed by atoms with Crippen LogP contribution in [0.3, 0.4) is 0 Å². The van der Waals surface area contributed by atoms with Crippen molar-refractivity contribution in [3.8, 4) is 0 Å². The van der Waals surface area contributed by atoms with Crippen LogP contribution in [0.1, 0.15) is 23.2 Å². The number of anilines is 2. The Morgan fingerprint density at radius 2 is 1.93 bits per heavy atom. The van der Waals surface area contributed by atoms with Gasteiger partial charge in [-0.2, -0.15) is 0 Å². The molecule has 0 spiro atoms. The molecule has 2 rings (SSSR count). The number of halogens is 1. The molecular formula is C18H21BrN6O4. The number of pyridine rings is 1. The Hall–Kier alpha value is -3.08. The largest absolute Gasteiger partial charge is 0.333 e. The molecule has 3 amide bonds. The Morgan fingerprint density at radius 1 is 1.24 bits per heavy atom. The van der Waals surface area contributed by atoms with E-state index in [1.165, 1.54) is 30.5 Å². The fourth-order valence-electron chi connectivity index (χ4n) is 2.64. The van der Waals surface area contributed by atoms with Crippen LogP contribution in [0.2, 0.25) is 0 Å². The average Bonchev–Trinajstić information content (AvgIpc) is 2.96. The number of aryl methyl sites for hydroxylation is 1. The average molecular weight is 465 g/mol. The lowest BCUT2D eigenvalue weighted by Gasteiger charge is -2.19. The Balaban J connectivity index is 2.38. The Labute approximate surface area is 176 Å². The Morgan fingerprint density at radius 3 is 2.52 bits per heavy atom. The Kier molecular flexibility index (Phi) is 7.21. The van der Waals surface area contributed by atoms with Crippen molar-refractivity contribution in [1.82, 2.24) is 19.4 Å². The van der Waals surface area contributed by atoms with Gasteiger partial charge in [0.1, 0.15) is 28.6 Å². The van der Waals surface area contributed by atoms with Crippen LogP contribution in [0.5, 0.6) is 0 Å². The third kappa shape index (κ3) is 5.47. The molecule has 10 nitrogen and oxygen atoms in total. The fourth-order valence-corrected chi connectivity index (χ4v) is 2.98. The van der Waals surface area contributed by atoms with E-state index < -0.39 is 11.8 Å². The van der Waals surface area contributed by atoms with Crippen molar-refractivity contribution >= 4 is 51.6 Å². The van der Waals surface area contributed by atoms with Gasteiger partial charge in [-0.3, -0.25) is 19.2 Å². The number of hydrogen-bond donors (Lipinski definition) is 1. The molecule has 154 valence electrons. The van der Waals surface area contributed by atoms with Crippen molar-refractivity contribution in [2.24, 2.45) is 0 Å². The lowest BCUT2D eigenvalue weighted by Crippen LogP contribution is -2.35. The Bertz CT molecular complexity index is 958. The number of imidazole rings is 1. The van der Waals surface area contributed by atoms with Crippen LogP contribution in [0.4, 0.5) is 11.6 Å². The highest BCUT2D eigenvalue weighted by Gasteiger charge is 2.27. The molecule has 0 aliphatic heterocycles. The predicted octanol–water partition coefficient (Wildman–Crippen LogP) is 1.24. The molecule has 0 bridgehead atoms. The molecule has 0 unspecified atom stereocenters. The smallest absolute Gasteiger partial charge is 0.274 e. The van der Waals surface area contributed by atoms with Crippen molar-refractivity contribution in [3.05, 3.63) is 34.3 Å². The van der Waals surface area contributed by atoms with Gasteiger partial charge in [0, 0.05) is 14.1 Å². The highest BCUT2D eigenvalue weighted by Crippen LogP contribution is 2.22. The van der Waals surface area contributed by atoms with Crippen LogP contribution in [-0.4, -0.2) is 64.1 Å². The van der Waals surface area contributed by atoms with Crippen LogP contribution >= 0.6 is 15.9 Å². The standard InChI is InChI=1S/C18H21BrN6O4/c1-11(27)8-23(3)18(29)16-17(24(4)10-26)20-12(2)25(16)9-15(28)22-14-7-5-6-13(19)21-14/h5-7,10H,8-9H2,1-4H3,(H,21,22,28). The van der Waals surface area contributed by atoms with Crippen molar-refractivity contribution in [2.75, 3.05) is 30.9 Å². The molecule has 0 fully saturated rings. The fraction of sp³-hybridized carbons (Fsp3) is 0.333. The summed E-state index contributed by atoms with van der Waals surface area (Å²) in [6, 6.07) is 5.07. The first kappa shape index (κ1) is 22.2. The maximum Gasteiger partial charge on any atom is 0.274 e. The number of carbonyl (C=O) groups is 4. The highest BCUT2D eigenvalue weighted by atomic mass is 79.9. The summed E-state index contributed by atoms with van der Waals surface area (Å²) in [6.07, 6.45) is 0.513. The van der Waals surface area contributed by atoms with Crippen LogP contribution in [0, 0.1) is 6.92 Å². The van der Waals surface area contributed by atoms with Crippen LogP contribution in [0.15, 0.2) is 22.8 Å². The first-order valence-electron chi connectivity index (χ1n) is 8.56. The quantitative estimate of drug-likeness (QED) is 0.463. The summed E-state index contributed by atoms with van der Waals surface area (Å²) in [4.78, 5) is 58.9. The molecule has 0 saturated carbocycles. The second-order valence-corrected chi connectivity index (χ2v) is 7.20. The summed E-state index contributed by atoms with van der Waals surface area (Å²) >= 11 is 3.23. The third-order valence-electron chi connectivity index (χ3n) is 3.93. The predicted molar refractivity (Wildman–Crippen MR) is 110 cm³/mol. The van der Waals surface area contributed by atoms with Crippen molar-refractivity contribution in [1.29, 1.82) is 0 Å². The summed E-state index contributed by atoms with van der Waals surface area (Å²) in [5.41, 5.74) is 0.0400. The number of Topliss-reactive ketones (excluding diaryl/α,β-unsaturated/α-hetero) is 1. The number of carbonyl (C=O) groups excluding carboxylic acids is 4. The molecule has 1 N–H and O–H groups in total. The SMILES string of the molecule is CC(=O)CN(C)C(=O)c1c(N(C)C=O)nc(C)n1CC(=O)Nc1cccc(Br)n1. The summed E-state index contributed by atoms with van der Waals surface area (Å²) in [5, 5.41) is 2.65. The molecule has 11 heteroatoms. The third-order valence-corrected chi connectivity index (χ3v) is 4.37. The van der Waals surface area contributed by atoms with Gasteiger partial charge in [-0.1, -0.05) is 6.07 Å². The number of amides is 3. The van der Waals surface area contributed by atoms with E-state index in [0.717, 1.165) is 4.90 Å². The zero-order chi connectivity index (χ0) is 21.7. The highest BCUT2D eigenvalue weighted by molar-refractivity contribution is 9.10. The molecule has 29 heavy (non-hydrogen) atoms. The van der Waals surface area contributed by atoms with E-state index in [1.807, 2.05) is 0 Å². The first-order valence-corrected chi connectivity index (χ1v) is 9.36. The minimum absolute atomic E-state index is 0.0400. The number of nitrogens with zero attached hydrogens (tertiary/aromatic N) is 5. The van der Waals surface area contributed by atoms with Gasteiger partial charge >= 0.3 is 0 Å². The van der Waals surface area contributed by atoms with Crippen molar-refractivity contribution < 1.29 is 19.2 Å². The second kappa shape index (κ2) is 9.41. The molecule has 0 atom stereocenters. The minimum atomic E-state index is -0.530. The maximum atomic E-state index is 13.0. The van der Waals surface area contributed by atoms with Gasteiger partial charge in [-0.15, -0.1) is 0 Å². The molecule has 0 saturated heterocycles. The normalized spacial score (nSPS) is 10.4. The van der Waals surface area contributed by atoms with Crippen molar-refractivity contribution in [3.63, 3.8) is 0 Å². The number of aromatic nitrogens is 3. The lowest BCUT2D eigenvalue weighted by atomic mass is 10.3. The summed E-state index contributed by atoms with van der Waals surface area (Å²) in [7, 11) is 2.92. The molecule has 0 aromatic carbocycles. The van der Waals surface area contributed by atoms with E-state index in [0.29, 0.717) is 22.7 Å². The zero-order valence-corrected chi connectivity index (χ0v) is 18.1. The topological polar surface area (TPSA) is 118 Å². The zero-order valence-electron chi connectivity index (χ0n) is 16.5. The summed E-state index contributed by atoms with van der Waals surface area (Å²) in [6.45, 7) is 2.65. The van der Waals surface area contributed by atoms with Gasteiger partial charge in [0.25, 0.3) is 5.91 Å². The number of nitrogens with one attached hydrogen (secondary N) is 1. The molecule has 2 aromatic rings. The van der Waals surface area contributed by atoms with Crippen molar-refractivity contribution in [2.45, 2.75) is 20.4 Å². The molecule has 0 aliphatic carbocycles. The minimum Gasteiger partial charge on any atom is -0.333 e. The molecular weight excluding hydrogens is 444 g/mol. The molecule has 0 aliphatic rings. The van der Waals surface area contributed by atoms with Crippen LogP contribution in [0.25, 0.3) is 0 Å². The van der Waals surface area contributed by atoms with Gasteiger partial charge in [0.15, 0.2) is 11.5 Å². The summed E-state index contributed by atoms with van der Waals surface area (Å²) < 4.78 is 1.97. The van der Waals surface area contributed by atoms with Gasteiger partial charge in [0.05, 0.1) is 6.54 Å². The van der Waals surface area contributed by atoms with E-state index in [-0.39, 0.29) is 30.4 Å². The van der Waals surface area contributed by atoms with Crippen LogP contribution in [-0.2, 0) is 20.9 Å². The molecule has 0 radical (unpaired) electrons. The van der Waals surface area contributed by atoms with Gasteiger partial charge < -0.3 is 19.7 Å². The second-order valence-electron chi connectivity index (χ2n) is 6.39. The number of likely N-dealkylation sites (N-methyl/N-ethyl adjacent to an activating group) is 1. The summed E-state index contributed by atoms with van der Waals surface area (Å²) in [5.74, 6) is -0.351. The monoisotopic (exact) mass is 464 g/mol. The molecule has 2 heterocycles. The van der Waals surface area contributed by atoms with E-state index in [2.05, 4.69) is 31.2 Å². The number of rotatable bonds is 8. The van der Waals surface area contributed by atoms with Gasteiger partial charge in [-0.05, 0) is 41.9 Å². The lowest BCUT2D eigenvalue weighted by molar-refractivity contribution is -0.118. The molecule has 2 aromatic heterocycles. The first-order chi connectivity index (χ1) is 13.6. The van der Waals surface area contributed by atoms with Gasteiger partial charge in [0.2, 0.25) is 12.3 Å². The van der Waals surface area contributed by atoms with E-state index in [1.54, 1.807) is 25.1 Å². The number of hydrogen-bond acceptors (Lipinski definition) is 6. The maximum absolute atomic E-state index is 13.0. The van der Waals surface area contributed by atoms with E-state index in [4.69, 9.17) is 0 Å². The van der Waals surface area contributed by atoms with Crippen LogP contribution < -0.4 is 10.2 Å².